The summed E-state index contributed by atoms with van der Waals surface area (Å²) in [6, 6.07) is 6.51. The highest BCUT2D eigenvalue weighted by molar-refractivity contribution is 6.33. The molecule has 2 rings (SSSR count). The average Bonchev–Trinajstić information content (AvgIpc) is 2.87. The van der Waals surface area contributed by atoms with Gasteiger partial charge in [-0.1, -0.05) is 24.6 Å². The van der Waals surface area contributed by atoms with Gasteiger partial charge in [-0.05, 0) is 37.0 Å². The number of halogens is 1. The van der Waals surface area contributed by atoms with Crippen molar-refractivity contribution >= 4 is 17.3 Å². The molecule has 2 atom stereocenters. The lowest BCUT2D eigenvalue weighted by Gasteiger charge is -2.20. The predicted molar refractivity (Wildman–Crippen MR) is 81.0 cm³/mol. The molecule has 1 aromatic carbocycles. The molecule has 0 bridgehead atoms. The summed E-state index contributed by atoms with van der Waals surface area (Å²) in [5.41, 5.74) is 8.30. The van der Waals surface area contributed by atoms with Gasteiger partial charge >= 0.3 is 0 Å². The lowest BCUT2D eigenvalue weighted by Crippen LogP contribution is -2.23. The molecule has 106 valence electrons. The first-order valence-corrected chi connectivity index (χ1v) is 7.33. The maximum absolute atomic E-state index is 6.40. The molecule has 1 heterocycles. The minimum Gasteiger partial charge on any atom is -0.380 e. The van der Waals surface area contributed by atoms with E-state index in [1.165, 1.54) is 5.56 Å². The van der Waals surface area contributed by atoms with E-state index in [1.807, 2.05) is 6.07 Å². The van der Waals surface area contributed by atoms with E-state index in [0.29, 0.717) is 6.10 Å². The Hall–Kier alpha value is -0.770. The van der Waals surface area contributed by atoms with Gasteiger partial charge in [0.15, 0.2) is 0 Å². The summed E-state index contributed by atoms with van der Waals surface area (Å²) in [6.45, 7) is 4.03. The van der Waals surface area contributed by atoms with E-state index in [0.717, 1.165) is 43.1 Å². The van der Waals surface area contributed by atoms with Crippen molar-refractivity contribution in [2.75, 3.05) is 25.1 Å². The average molecular weight is 283 g/mol. The van der Waals surface area contributed by atoms with Gasteiger partial charge in [-0.15, -0.1) is 0 Å². The summed E-state index contributed by atoms with van der Waals surface area (Å²) in [6.07, 6.45) is 3.26. The highest BCUT2D eigenvalue weighted by Gasteiger charge is 2.23. The third kappa shape index (κ3) is 3.62. The fourth-order valence-corrected chi connectivity index (χ4v) is 2.84. The fourth-order valence-electron chi connectivity index (χ4n) is 2.52. The van der Waals surface area contributed by atoms with E-state index in [2.05, 4.69) is 24.0 Å². The number of nitrogens with zero attached hydrogens (tertiary/aromatic N) is 1. The topological polar surface area (TPSA) is 38.5 Å². The van der Waals surface area contributed by atoms with E-state index >= 15 is 0 Å². The number of anilines is 1. The summed E-state index contributed by atoms with van der Waals surface area (Å²) in [7, 11) is 1.77. The van der Waals surface area contributed by atoms with Gasteiger partial charge in [-0.2, -0.15) is 0 Å². The predicted octanol–water partition coefficient (Wildman–Crippen LogP) is 2.84. The number of nitrogens with two attached hydrogens (primary N) is 1. The molecule has 3 nitrogen and oxygen atoms in total. The van der Waals surface area contributed by atoms with Crippen molar-refractivity contribution in [3.63, 3.8) is 0 Å². The summed E-state index contributed by atoms with van der Waals surface area (Å²) < 4.78 is 5.39. The second kappa shape index (κ2) is 6.60. The zero-order valence-corrected chi connectivity index (χ0v) is 12.5. The van der Waals surface area contributed by atoms with Crippen molar-refractivity contribution in [2.24, 2.45) is 5.73 Å². The minimum absolute atomic E-state index is 0.214. The van der Waals surface area contributed by atoms with Crippen molar-refractivity contribution in [2.45, 2.75) is 38.3 Å². The van der Waals surface area contributed by atoms with Crippen LogP contribution in [0.15, 0.2) is 18.2 Å². The van der Waals surface area contributed by atoms with E-state index in [9.17, 15) is 0 Å². The Balaban J connectivity index is 2.07. The first kappa shape index (κ1) is 14.6. The highest BCUT2D eigenvalue weighted by atomic mass is 35.5. The molecular weight excluding hydrogens is 260 g/mol. The van der Waals surface area contributed by atoms with Crippen LogP contribution in [-0.2, 0) is 11.2 Å². The van der Waals surface area contributed by atoms with Crippen molar-refractivity contribution < 1.29 is 4.74 Å². The Kier molecular flexibility index (Phi) is 5.08. The monoisotopic (exact) mass is 282 g/mol. The molecule has 4 heteroatoms. The maximum atomic E-state index is 6.40. The number of ether oxygens (including phenoxy) is 1. The van der Waals surface area contributed by atoms with E-state index in [-0.39, 0.29) is 6.04 Å². The minimum atomic E-state index is 0.214. The number of hydrogen-bond donors (Lipinski definition) is 1. The molecule has 1 aliphatic heterocycles. The van der Waals surface area contributed by atoms with Crippen LogP contribution in [0.1, 0.15) is 25.3 Å². The molecule has 1 fully saturated rings. The van der Waals surface area contributed by atoms with Gasteiger partial charge in [-0.25, -0.2) is 0 Å². The number of methoxy groups -OCH3 is 1. The first-order chi connectivity index (χ1) is 9.13. The second-order valence-electron chi connectivity index (χ2n) is 5.25. The largest absolute Gasteiger partial charge is 0.380 e. The third-order valence-corrected chi connectivity index (χ3v) is 4.16. The fraction of sp³-hybridized carbons (Fsp3) is 0.600. The Morgan fingerprint density at radius 2 is 2.32 bits per heavy atom. The van der Waals surface area contributed by atoms with Crippen molar-refractivity contribution in [3.05, 3.63) is 28.8 Å². The molecular formula is C15H23ClN2O. The van der Waals surface area contributed by atoms with Crippen LogP contribution in [-0.4, -0.2) is 32.3 Å². The molecule has 1 saturated heterocycles. The molecule has 2 unspecified atom stereocenters. The van der Waals surface area contributed by atoms with Crippen LogP contribution in [0.25, 0.3) is 0 Å². The Labute approximate surface area is 120 Å². The second-order valence-corrected chi connectivity index (χ2v) is 5.66. The molecule has 0 radical (unpaired) electrons. The van der Waals surface area contributed by atoms with E-state index < -0.39 is 0 Å². The molecule has 0 aromatic heterocycles. The molecule has 0 saturated carbocycles. The molecule has 19 heavy (non-hydrogen) atoms. The summed E-state index contributed by atoms with van der Waals surface area (Å²) in [4.78, 5) is 2.29. The maximum Gasteiger partial charge on any atom is 0.0762 e. The third-order valence-electron chi connectivity index (χ3n) is 3.85. The van der Waals surface area contributed by atoms with Crippen LogP contribution in [0.5, 0.6) is 0 Å². The van der Waals surface area contributed by atoms with Gasteiger partial charge in [0.2, 0.25) is 0 Å². The van der Waals surface area contributed by atoms with Crippen LogP contribution in [0.4, 0.5) is 5.69 Å². The molecule has 0 spiro atoms. The lowest BCUT2D eigenvalue weighted by atomic mass is 10.0. The zero-order valence-electron chi connectivity index (χ0n) is 11.7. The molecule has 1 aliphatic rings. The molecule has 2 N–H and O–H groups in total. The van der Waals surface area contributed by atoms with Gasteiger partial charge in [0.1, 0.15) is 0 Å². The number of benzene rings is 1. The van der Waals surface area contributed by atoms with Gasteiger partial charge in [-0.3, -0.25) is 0 Å². The quantitative estimate of drug-likeness (QED) is 0.902. The summed E-state index contributed by atoms with van der Waals surface area (Å²) in [5.74, 6) is 0. The van der Waals surface area contributed by atoms with Crippen LogP contribution in [0.2, 0.25) is 5.02 Å². The first-order valence-electron chi connectivity index (χ1n) is 6.95. The van der Waals surface area contributed by atoms with Crippen LogP contribution >= 0.6 is 11.6 Å². The van der Waals surface area contributed by atoms with E-state index in [1.54, 1.807) is 7.11 Å². The molecule has 1 aromatic rings. The van der Waals surface area contributed by atoms with Gasteiger partial charge < -0.3 is 15.4 Å². The Bertz CT molecular complexity index is 425. The van der Waals surface area contributed by atoms with Crippen LogP contribution in [0.3, 0.4) is 0 Å². The zero-order chi connectivity index (χ0) is 13.8. The Morgan fingerprint density at radius 1 is 1.53 bits per heavy atom. The summed E-state index contributed by atoms with van der Waals surface area (Å²) in [5, 5.41) is 0.817. The van der Waals surface area contributed by atoms with Gasteiger partial charge in [0.05, 0.1) is 16.8 Å². The van der Waals surface area contributed by atoms with Crippen molar-refractivity contribution in [1.82, 2.24) is 0 Å². The lowest BCUT2D eigenvalue weighted by molar-refractivity contribution is 0.121. The molecule has 0 amide bonds. The molecule has 0 aliphatic carbocycles. The Morgan fingerprint density at radius 3 is 2.89 bits per heavy atom. The van der Waals surface area contributed by atoms with Gasteiger partial charge in [0.25, 0.3) is 0 Å². The smallest absolute Gasteiger partial charge is 0.0762 e. The summed E-state index contributed by atoms with van der Waals surface area (Å²) >= 11 is 6.40. The van der Waals surface area contributed by atoms with Crippen LogP contribution in [0, 0.1) is 0 Å². The number of hydrogen-bond acceptors (Lipinski definition) is 3. The SMILES string of the molecule is CCC(N)Cc1ccc(N2CCC(OC)C2)c(Cl)c1. The van der Waals surface area contributed by atoms with Crippen molar-refractivity contribution in [1.29, 1.82) is 0 Å². The van der Waals surface area contributed by atoms with Crippen molar-refractivity contribution in [3.8, 4) is 0 Å². The van der Waals surface area contributed by atoms with E-state index in [4.69, 9.17) is 22.1 Å². The highest BCUT2D eigenvalue weighted by Crippen LogP contribution is 2.30. The van der Waals surface area contributed by atoms with Gasteiger partial charge in [0, 0.05) is 26.2 Å². The normalized spacial score (nSPS) is 20.8. The number of rotatable bonds is 5. The van der Waals surface area contributed by atoms with Crippen LogP contribution < -0.4 is 10.6 Å². The standard InChI is InChI=1S/C15H23ClN2O/c1-3-12(17)8-11-4-5-15(14(16)9-11)18-7-6-13(10-18)19-2/h4-5,9,12-13H,3,6-8,10,17H2,1-2H3.